The smallest absolute Gasteiger partial charge is 0.191 e. The van der Waals surface area contributed by atoms with Crippen molar-refractivity contribution in [1.82, 2.24) is 0 Å². The van der Waals surface area contributed by atoms with Crippen molar-refractivity contribution < 1.29 is 9.90 Å². The lowest BCUT2D eigenvalue weighted by Gasteiger charge is -2.13. The molecule has 15 heavy (non-hydrogen) atoms. The van der Waals surface area contributed by atoms with Crippen LogP contribution in [0, 0.1) is 19.8 Å². The maximum absolute atomic E-state index is 11.8. The van der Waals surface area contributed by atoms with Crippen LogP contribution in [0.4, 0.5) is 0 Å². The van der Waals surface area contributed by atoms with Crippen molar-refractivity contribution in [2.45, 2.75) is 33.8 Å². The van der Waals surface area contributed by atoms with Crippen LogP contribution in [0.1, 0.15) is 35.3 Å². The van der Waals surface area contributed by atoms with Crippen molar-refractivity contribution in [1.29, 1.82) is 0 Å². The molecule has 2 heteroatoms. The number of hydrogen-bond donors (Lipinski definition) is 1. The summed E-state index contributed by atoms with van der Waals surface area (Å²) in [5, 5.41) is 9.66. The van der Waals surface area contributed by atoms with E-state index in [-0.39, 0.29) is 11.7 Å². The second kappa shape index (κ2) is 4.58. The molecule has 0 heterocycles. The quantitative estimate of drug-likeness (QED) is 0.771. The monoisotopic (exact) mass is 206 g/mol. The SMILES string of the molecule is Cc1ccc(C(=O)C(O)C(C)C)cc1C. The minimum atomic E-state index is -0.896. The maximum atomic E-state index is 11.8. The number of hydrogen-bond acceptors (Lipinski definition) is 2. The largest absolute Gasteiger partial charge is 0.385 e. The Bertz CT molecular complexity index is 367. The summed E-state index contributed by atoms with van der Waals surface area (Å²) in [6.07, 6.45) is -0.896. The number of rotatable bonds is 3. The van der Waals surface area contributed by atoms with Crippen molar-refractivity contribution in [3.05, 3.63) is 34.9 Å². The summed E-state index contributed by atoms with van der Waals surface area (Å²) >= 11 is 0. The Morgan fingerprint density at radius 1 is 1.20 bits per heavy atom. The predicted octanol–water partition coefficient (Wildman–Crippen LogP) is 2.50. The van der Waals surface area contributed by atoms with E-state index in [1.54, 1.807) is 6.07 Å². The number of aliphatic hydroxyl groups excluding tert-OH is 1. The highest BCUT2D eigenvalue weighted by molar-refractivity contribution is 5.99. The average molecular weight is 206 g/mol. The molecule has 0 saturated carbocycles. The first-order valence-corrected chi connectivity index (χ1v) is 5.23. The van der Waals surface area contributed by atoms with Crippen molar-refractivity contribution in [3.8, 4) is 0 Å². The molecule has 1 rings (SSSR count). The second-order valence-electron chi connectivity index (χ2n) is 4.35. The van der Waals surface area contributed by atoms with Gasteiger partial charge in [0.05, 0.1) is 0 Å². The van der Waals surface area contributed by atoms with Crippen LogP contribution >= 0.6 is 0 Å². The normalized spacial score (nSPS) is 12.9. The number of benzene rings is 1. The molecule has 0 bridgehead atoms. The third-order valence-electron chi connectivity index (χ3n) is 2.69. The molecule has 0 aliphatic rings. The fourth-order valence-electron chi connectivity index (χ4n) is 1.37. The van der Waals surface area contributed by atoms with Gasteiger partial charge in [-0.25, -0.2) is 0 Å². The zero-order valence-electron chi connectivity index (χ0n) is 9.74. The number of aliphatic hydroxyl groups is 1. The molecule has 1 unspecified atom stereocenters. The summed E-state index contributed by atoms with van der Waals surface area (Å²) in [5.74, 6) is -0.229. The van der Waals surface area contributed by atoms with Crippen LogP contribution in [0.3, 0.4) is 0 Å². The van der Waals surface area contributed by atoms with Crippen molar-refractivity contribution in [3.63, 3.8) is 0 Å². The van der Waals surface area contributed by atoms with Crippen molar-refractivity contribution in [2.75, 3.05) is 0 Å². The van der Waals surface area contributed by atoms with Crippen LogP contribution in [-0.2, 0) is 0 Å². The van der Waals surface area contributed by atoms with E-state index < -0.39 is 6.10 Å². The van der Waals surface area contributed by atoms with Gasteiger partial charge in [0.15, 0.2) is 5.78 Å². The van der Waals surface area contributed by atoms with Gasteiger partial charge in [0.25, 0.3) is 0 Å². The van der Waals surface area contributed by atoms with Crippen LogP contribution in [0.5, 0.6) is 0 Å². The molecule has 1 aromatic carbocycles. The van der Waals surface area contributed by atoms with Gasteiger partial charge in [-0.3, -0.25) is 4.79 Å². The first-order chi connectivity index (χ1) is 6.93. The Labute approximate surface area is 90.9 Å². The van der Waals surface area contributed by atoms with Gasteiger partial charge in [-0.2, -0.15) is 0 Å². The van der Waals surface area contributed by atoms with E-state index in [0.29, 0.717) is 5.56 Å². The molecule has 2 nitrogen and oxygen atoms in total. The summed E-state index contributed by atoms with van der Waals surface area (Å²) in [4.78, 5) is 11.8. The molecular weight excluding hydrogens is 188 g/mol. The van der Waals surface area contributed by atoms with Crippen molar-refractivity contribution >= 4 is 5.78 Å². The number of Topliss-reactive ketones (excluding diaryl/α,β-unsaturated/α-hetero) is 1. The Hall–Kier alpha value is -1.15. The van der Waals surface area contributed by atoms with Gasteiger partial charge in [0.1, 0.15) is 6.10 Å². The van der Waals surface area contributed by atoms with E-state index >= 15 is 0 Å². The number of ketones is 1. The average Bonchev–Trinajstić information content (AvgIpc) is 2.19. The summed E-state index contributed by atoms with van der Waals surface area (Å²) < 4.78 is 0. The van der Waals surface area contributed by atoms with E-state index in [4.69, 9.17) is 0 Å². The zero-order valence-corrected chi connectivity index (χ0v) is 9.74. The Morgan fingerprint density at radius 3 is 2.27 bits per heavy atom. The molecule has 1 aromatic rings. The number of carbonyl (C=O) groups is 1. The molecule has 0 fully saturated rings. The fourth-order valence-corrected chi connectivity index (χ4v) is 1.37. The van der Waals surface area contributed by atoms with Gasteiger partial charge in [-0.15, -0.1) is 0 Å². The van der Waals surface area contributed by atoms with E-state index in [9.17, 15) is 9.90 Å². The molecule has 1 atom stereocenters. The first kappa shape index (κ1) is 11.9. The molecule has 0 radical (unpaired) electrons. The fraction of sp³-hybridized carbons (Fsp3) is 0.462. The first-order valence-electron chi connectivity index (χ1n) is 5.23. The summed E-state index contributed by atoms with van der Waals surface area (Å²) in [6.45, 7) is 7.64. The lowest BCUT2D eigenvalue weighted by molar-refractivity contribution is 0.0648. The number of aryl methyl sites for hydroxylation is 2. The standard InChI is InChI=1S/C13H18O2/c1-8(2)12(14)13(15)11-6-5-9(3)10(4)7-11/h5-8,12,14H,1-4H3. The minimum Gasteiger partial charge on any atom is -0.385 e. The van der Waals surface area contributed by atoms with E-state index in [2.05, 4.69) is 0 Å². The molecule has 0 aromatic heterocycles. The summed E-state index contributed by atoms with van der Waals surface area (Å²) in [7, 11) is 0. The van der Waals surface area contributed by atoms with Gasteiger partial charge in [-0.1, -0.05) is 26.0 Å². The molecular formula is C13H18O2. The van der Waals surface area contributed by atoms with Crippen molar-refractivity contribution in [2.24, 2.45) is 5.92 Å². The highest BCUT2D eigenvalue weighted by atomic mass is 16.3. The third-order valence-corrected chi connectivity index (χ3v) is 2.69. The topological polar surface area (TPSA) is 37.3 Å². The van der Waals surface area contributed by atoms with Gasteiger partial charge in [-0.05, 0) is 37.0 Å². The number of carbonyl (C=O) groups excluding carboxylic acids is 1. The molecule has 0 aliphatic carbocycles. The van der Waals surface area contributed by atoms with Crippen LogP contribution in [0.25, 0.3) is 0 Å². The van der Waals surface area contributed by atoms with Crippen LogP contribution in [-0.4, -0.2) is 17.0 Å². The molecule has 0 aliphatic heterocycles. The van der Waals surface area contributed by atoms with Crippen LogP contribution in [0.2, 0.25) is 0 Å². The summed E-state index contributed by atoms with van der Waals surface area (Å²) in [5.41, 5.74) is 2.83. The summed E-state index contributed by atoms with van der Waals surface area (Å²) in [6, 6.07) is 5.52. The van der Waals surface area contributed by atoms with Gasteiger partial charge < -0.3 is 5.11 Å². The Kier molecular flexibility index (Phi) is 3.64. The molecule has 0 spiro atoms. The molecule has 0 amide bonds. The lowest BCUT2D eigenvalue weighted by Crippen LogP contribution is -2.26. The van der Waals surface area contributed by atoms with Crippen LogP contribution < -0.4 is 0 Å². The van der Waals surface area contributed by atoms with Crippen LogP contribution in [0.15, 0.2) is 18.2 Å². The molecule has 0 saturated heterocycles. The lowest BCUT2D eigenvalue weighted by atomic mass is 9.96. The highest BCUT2D eigenvalue weighted by Gasteiger charge is 2.20. The highest BCUT2D eigenvalue weighted by Crippen LogP contribution is 2.14. The molecule has 1 N–H and O–H groups in total. The minimum absolute atomic E-state index is 0.0425. The zero-order chi connectivity index (χ0) is 11.6. The Balaban J connectivity index is 2.97. The van der Waals surface area contributed by atoms with Gasteiger partial charge in [0, 0.05) is 5.56 Å². The second-order valence-corrected chi connectivity index (χ2v) is 4.35. The molecule has 82 valence electrons. The van der Waals surface area contributed by atoms with E-state index in [1.165, 1.54) is 0 Å². The van der Waals surface area contributed by atoms with Gasteiger partial charge in [0.2, 0.25) is 0 Å². The Morgan fingerprint density at radius 2 is 1.80 bits per heavy atom. The third kappa shape index (κ3) is 2.66. The van der Waals surface area contributed by atoms with Gasteiger partial charge >= 0.3 is 0 Å². The maximum Gasteiger partial charge on any atom is 0.191 e. The van der Waals surface area contributed by atoms with E-state index in [0.717, 1.165) is 11.1 Å². The van der Waals surface area contributed by atoms with E-state index in [1.807, 2.05) is 39.8 Å². The predicted molar refractivity (Wildman–Crippen MR) is 61.1 cm³/mol.